The standard InChI is InChI=1S/C16H16ClFN4O3/c1-21-9-11(8-20-21)22-6-5-16(25,15(22)24)14(23)19-7-10-3-2-4-12(17)13(10)18/h2-4,8-9,25H,5-7H2,1H3,(H,19,23)/t16-/m0/s1. The summed E-state index contributed by atoms with van der Waals surface area (Å²) in [5.41, 5.74) is -1.53. The van der Waals surface area contributed by atoms with E-state index in [1.807, 2.05) is 0 Å². The van der Waals surface area contributed by atoms with E-state index in [1.54, 1.807) is 19.3 Å². The van der Waals surface area contributed by atoms with Crippen molar-refractivity contribution in [3.05, 3.63) is 47.0 Å². The number of hydrogen-bond acceptors (Lipinski definition) is 4. The lowest BCUT2D eigenvalue weighted by Crippen LogP contribution is -2.52. The van der Waals surface area contributed by atoms with Crippen molar-refractivity contribution in [2.24, 2.45) is 7.05 Å². The molecule has 1 fully saturated rings. The highest BCUT2D eigenvalue weighted by Crippen LogP contribution is 2.28. The molecule has 1 aromatic heterocycles. The average molecular weight is 367 g/mol. The topological polar surface area (TPSA) is 87.5 Å². The number of anilines is 1. The van der Waals surface area contributed by atoms with Gasteiger partial charge in [0, 0.05) is 38.3 Å². The smallest absolute Gasteiger partial charge is 0.268 e. The third-order valence-electron chi connectivity index (χ3n) is 4.15. The quantitative estimate of drug-likeness (QED) is 0.790. The summed E-state index contributed by atoms with van der Waals surface area (Å²) in [7, 11) is 1.70. The van der Waals surface area contributed by atoms with E-state index in [0.717, 1.165) is 0 Å². The molecule has 3 rings (SSSR count). The molecule has 2 amide bonds. The van der Waals surface area contributed by atoms with Gasteiger partial charge in [0.05, 0.1) is 16.9 Å². The number of aryl methyl sites for hydroxylation is 1. The summed E-state index contributed by atoms with van der Waals surface area (Å²) in [6, 6.07) is 4.40. The van der Waals surface area contributed by atoms with E-state index in [2.05, 4.69) is 10.4 Å². The van der Waals surface area contributed by atoms with Crippen LogP contribution in [0.3, 0.4) is 0 Å². The molecule has 1 atom stereocenters. The second-order valence-corrected chi connectivity index (χ2v) is 6.24. The molecule has 2 N–H and O–H groups in total. The molecule has 0 radical (unpaired) electrons. The summed E-state index contributed by atoms with van der Waals surface area (Å²) < 4.78 is 15.4. The predicted octanol–water partition coefficient (Wildman–Crippen LogP) is 0.997. The van der Waals surface area contributed by atoms with Gasteiger partial charge in [0.15, 0.2) is 0 Å². The number of carbonyl (C=O) groups is 2. The minimum atomic E-state index is -2.19. The van der Waals surface area contributed by atoms with Crippen molar-refractivity contribution in [3.63, 3.8) is 0 Å². The maximum Gasteiger partial charge on any atom is 0.268 e. The minimum absolute atomic E-state index is 0.0647. The first-order valence-corrected chi connectivity index (χ1v) is 7.95. The molecule has 1 saturated heterocycles. The Kier molecular flexibility index (Phi) is 4.49. The summed E-state index contributed by atoms with van der Waals surface area (Å²) in [6.45, 7) is -0.00627. The van der Waals surface area contributed by atoms with Crippen molar-refractivity contribution in [3.8, 4) is 0 Å². The monoisotopic (exact) mass is 366 g/mol. The highest BCUT2D eigenvalue weighted by atomic mass is 35.5. The molecule has 1 aliphatic rings. The Bertz CT molecular complexity index is 841. The number of benzene rings is 1. The normalized spacial score (nSPS) is 20.2. The van der Waals surface area contributed by atoms with E-state index in [1.165, 1.54) is 27.9 Å². The first-order valence-electron chi connectivity index (χ1n) is 7.57. The van der Waals surface area contributed by atoms with Crippen LogP contribution in [-0.4, -0.2) is 38.8 Å². The Morgan fingerprint density at radius 2 is 2.28 bits per heavy atom. The Morgan fingerprint density at radius 1 is 1.52 bits per heavy atom. The van der Waals surface area contributed by atoms with Crippen molar-refractivity contribution in [2.75, 3.05) is 11.4 Å². The minimum Gasteiger partial charge on any atom is -0.372 e. The third kappa shape index (κ3) is 3.10. The molecule has 1 aromatic carbocycles. The van der Waals surface area contributed by atoms with Gasteiger partial charge in [-0.15, -0.1) is 0 Å². The first-order chi connectivity index (χ1) is 11.8. The summed E-state index contributed by atoms with van der Waals surface area (Å²) in [5, 5.41) is 16.8. The van der Waals surface area contributed by atoms with Gasteiger partial charge in [0.25, 0.3) is 11.8 Å². The molecule has 0 bridgehead atoms. The molecule has 132 valence electrons. The van der Waals surface area contributed by atoms with Crippen LogP contribution in [0.4, 0.5) is 10.1 Å². The van der Waals surface area contributed by atoms with Crippen LogP contribution in [-0.2, 0) is 23.2 Å². The molecule has 0 aliphatic carbocycles. The van der Waals surface area contributed by atoms with Crippen molar-refractivity contribution >= 4 is 29.1 Å². The third-order valence-corrected chi connectivity index (χ3v) is 4.44. The number of rotatable bonds is 4. The van der Waals surface area contributed by atoms with Crippen LogP contribution < -0.4 is 10.2 Å². The summed E-state index contributed by atoms with van der Waals surface area (Å²) in [5.74, 6) is -2.25. The fourth-order valence-electron chi connectivity index (χ4n) is 2.72. The number of halogens is 2. The first kappa shape index (κ1) is 17.4. The number of hydrogen-bond donors (Lipinski definition) is 2. The van der Waals surface area contributed by atoms with Gasteiger partial charge in [-0.3, -0.25) is 14.3 Å². The van der Waals surface area contributed by atoms with Crippen molar-refractivity contribution < 1.29 is 19.1 Å². The average Bonchev–Trinajstić information content (AvgIpc) is 3.13. The molecule has 9 heteroatoms. The van der Waals surface area contributed by atoms with Gasteiger partial charge in [0.1, 0.15) is 5.82 Å². The summed E-state index contributed by atoms with van der Waals surface area (Å²) in [6.07, 6.45) is 3.02. The van der Waals surface area contributed by atoms with Crippen molar-refractivity contribution in [1.29, 1.82) is 0 Å². The lowest BCUT2D eigenvalue weighted by Gasteiger charge is -2.21. The number of nitrogens with zero attached hydrogens (tertiary/aromatic N) is 3. The number of aromatic nitrogens is 2. The lowest BCUT2D eigenvalue weighted by molar-refractivity contribution is -0.149. The Morgan fingerprint density at radius 3 is 2.96 bits per heavy atom. The molecule has 25 heavy (non-hydrogen) atoms. The number of carbonyl (C=O) groups excluding carboxylic acids is 2. The number of amides is 2. The van der Waals surface area contributed by atoms with E-state index in [9.17, 15) is 19.1 Å². The zero-order valence-electron chi connectivity index (χ0n) is 13.4. The second-order valence-electron chi connectivity index (χ2n) is 5.83. The Labute approximate surface area is 148 Å². The Hall–Kier alpha value is -2.45. The fourth-order valence-corrected chi connectivity index (χ4v) is 2.91. The van der Waals surface area contributed by atoms with Gasteiger partial charge < -0.3 is 15.3 Å². The highest BCUT2D eigenvalue weighted by molar-refractivity contribution is 6.30. The van der Waals surface area contributed by atoms with Crippen LogP contribution >= 0.6 is 11.6 Å². The largest absolute Gasteiger partial charge is 0.372 e. The van der Waals surface area contributed by atoms with Crippen LogP contribution in [0.15, 0.2) is 30.6 Å². The lowest BCUT2D eigenvalue weighted by atomic mass is 10.0. The maximum atomic E-state index is 13.9. The molecule has 2 heterocycles. The molecule has 0 saturated carbocycles. The van der Waals surface area contributed by atoms with Gasteiger partial charge >= 0.3 is 0 Å². The number of nitrogens with one attached hydrogen (secondary N) is 1. The SMILES string of the molecule is Cn1cc(N2CC[C@](O)(C(=O)NCc3cccc(Cl)c3F)C2=O)cn1. The van der Waals surface area contributed by atoms with E-state index in [-0.39, 0.29) is 30.1 Å². The highest BCUT2D eigenvalue weighted by Gasteiger charge is 2.51. The van der Waals surface area contributed by atoms with Crippen LogP contribution in [0, 0.1) is 5.82 Å². The van der Waals surface area contributed by atoms with Crippen LogP contribution in [0.1, 0.15) is 12.0 Å². The fraction of sp³-hybridized carbons (Fsp3) is 0.312. The summed E-state index contributed by atoms with van der Waals surface area (Å²) in [4.78, 5) is 26.1. The van der Waals surface area contributed by atoms with Gasteiger partial charge in [0.2, 0.25) is 5.60 Å². The van der Waals surface area contributed by atoms with E-state index < -0.39 is 23.2 Å². The van der Waals surface area contributed by atoms with Gasteiger partial charge in [-0.2, -0.15) is 5.10 Å². The molecule has 7 nitrogen and oxygen atoms in total. The molecule has 0 spiro atoms. The molecule has 1 aliphatic heterocycles. The van der Waals surface area contributed by atoms with E-state index in [0.29, 0.717) is 5.69 Å². The zero-order chi connectivity index (χ0) is 18.2. The van der Waals surface area contributed by atoms with Gasteiger partial charge in [-0.25, -0.2) is 4.39 Å². The van der Waals surface area contributed by atoms with Crippen molar-refractivity contribution in [2.45, 2.75) is 18.6 Å². The number of aliphatic hydroxyl groups is 1. The molecular weight excluding hydrogens is 351 g/mol. The van der Waals surface area contributed by atoms with Crippen LogP contribution in [0.2, 0.25) is 5.02 Å². The second kappa shape index (κ2) is 6.45. The zero-order valence-corrected chi connectivity index (χ0v) is 14.1. The van der Waals surface area contributed by atoms with Crippen LogP contribution in [0.25, 0.3) is 0 Å². The summed E-state index contributed by atoms with van der Waals surface area (Å²) >= 11 is 5.69. The van der Waals surface area contributed by atoms with Crippen LogP contribution in [0.5, 0.6) is 0 Å². The van der Waals surface area contributed by atoms with E-state index >= 15 is 0 Å². The predicted molar refractivity (Wildman–Crippen MR) is 88.4 cm³/mol. The van der Waals surface area contributed by atoms with E-state index in [4.69, 9.17) is 11.6 Å². The maximum absolute atomic E-state index is 13.9. The molecule has 0 unspecified atom stereocenters. The molecular formula is C16H16ClFN4O3. The Balaban J connectivity index is 1.71. The van der Waals surface area contributed by atoms with Crippen molar-refractivity contribution in [1.82, 2.24) is 15.1 Å². The van der Waals surface area contributed by atoms with Gasteiger partial charge in [-0.05, 0) is 6.07 Å². The van der Waals surface area contributed by atoms with Gasteiger partial charge in [-0.1, -0.05) is 23.7 Å². The molecule has 2 aromatic rings.